The Hall–Kier alpha value is -1.79. The highest BCUT2D eigenvalue weighted by Crippen LogP contribution is 2.24. The van der Waals surface area contributed by atoms with E-state index in [1.807, 2.05) is 11.0 Å². The highest BCUT2D eigenvalue weighted by atomic mass is 16.5. The maximum atomic E-state index is 11.9. The molecule has 0 amide bonds. The number of esters is 1. The number of methoxy groups -OCH3 is 3. The van der Waals surface area contributed by atoms with Crippen molar-refractivity contribution in [2.45, 2.75) is 0 Å². The molecule has 0 bridgehead atoms. The molecular formula is C14H22N2O4. The maximum absolute atomic E-state index is 11.9. The van der Waals surface area contributed by atoms with Gasteiger partial charge in [0, 0.05) is 33.0 Å². The summed E-state index contributed by atoms with van der Waals surface area (Å²) in [6.45, 7) is 2.39. The topological polar surface area (TPSA) is 74.0 Å². The Balaban J connectivity index is 3.06. The van der Waals surface area contributed by atoms with Crippen LogP contribution in [0.2, 0.25) is 0 Å². The van der Waals surface area contributed by atoms with E-state index in [1.54, 1.807) is 26.4 Å². The molecule has 0 saturated carbocycles. The predicted octanol–water partition coefficient (Wildman–Crippen LogP) is 1.15. The van der Waals surface area contributed by atoms with Crippen LogP contribution in [0.3, 0.4) is 0 Å². The van der Waals surface area contributed by atoms with Gasteiger partial charge in [-0.25, -0.2) is 4.79 Å². The molecule has 0 aromatic heterocycles. The highest BCUT2D eigenvalue weighted by molar-refractivity contribution is 5.97. The molecule has 0 heterocycles. The summed E-state index contributed by atoms with van der Waals surface area (Å²) in [6, 6.07) is 5.19. The third-order valence-electron chi connectivity index (χ3n) is 2.90. The molecule has 0 saturated heterocycles. The molecule has 0 fully saturated rings. The zero-order valence-electron chi connectivity index (χ0n) is 12.2. The van der Waals surface area contributed by atoms with Gasteiger partial charge in [-0.2, -0.15) is 0 Å². The van der Waals surface area contributed by atoms with Gasteiger partial charge in [-0.05, 0) is 18.2 Å². The normalized spacial score (nSPS) is 10.3. The lowest BCUT2D eigenvalue weighted by Gasteiger charge is -2.26. The van der Waals surface area contributed by atoms with Crippen LogP contribution in [0.25, 0.3) is 0 Å². The first-order valence-corrected chi connectivity index (χ1v) is 6.34. The van der Waals surface area contributed by atoms with Crippen molar-refractivity contribution in [2.24, 2.45) is 0 Å². The van der Waals surface area contributed by atoms with E-state index in [9.17, 15) is 4.79 Å². The van der Waals surface area contributed by atoms with Crippen LogP contribution < -0.4 is 10.6 Å². The van der Waals surface area contributed by atoms with Crippen molar-refractivity contribution in [1.29, 1.82) is 0 Å². The number of nitrogens with two attached hydrogens (primary N) is 1. The van der Waals surface area contributed by atoms with Gasteiger partial charge in [-0.3, -0.25) is 0 Å². The molecule has 0 spiro atoms. The number of rotatable bonds is 8. The average molecular weight is 282 g/mol. The van der Waals surface area contributed by atoms with E-state index in [0.29, 0.717) is 37.6 Å². The van der Waals surface area contributed by atoms with Crippen molar-refractivity contribution < 1.29 is 19.0 Å². The summed E-state index contributed by atoms with van der Waals surface area (Å²) >= 11 is 0. The summed E-state index contributed by atoms with van der Waals surface area (Å²) in [5, 5.41) is 0. The second kappa shape index (κ2) is 8.39. The number of carbonyl (C=O) groups is 1. The second-order valence-electron chi connectivity index (χ2n) is 4.24. The van der Waals surface area contributed by atoms with E-state index >= 15 is 0 Å². The molecule has 0 unspecified atom stereocenters. The van der Waals surface area contributed by atoms with Crippen LogP contribution in [0.4, 0.5) is 11.4 Å². The quantitative estimate of drug-likeness (QED) is 0.569. The van der Waals surface area contributed by atoms with Crippen LogP contribution in [0.1, 0.15) is 10.4 Å². The van der Waals surface area contributed by atoms with Gasteiger partial charge in [0.05, 0.1) is 31.6 Å². The Kier molecular flexibility index (Phi) is 6.83. The molecule has 112 valence electrons. The Labute approximate surface area is 119 Å². The summed E-state index contributed by atoms with van der Waals surface area (Å²) in [5.74, 6) is -0.410. The average Bonchev–Trinajstić information content (AvgIpc) is 2.47. The number of hydrogen-bond acceptors (Lipinski definition) is 6. The van der Waals surface area contributed by atoms with Gasteiger partial charge >= 0.3 is 5.97 Å². The number of benzene rings is 1. The molecule has 1 aromatic carbocycles. The monoisotopic (exact) mass is 282 g/mol. The van der Waals surface area contributed by atoms with Crippen LogP contribution in [-0.4, -0.2) is 53.6 Å². The minimum atomic E-state index is -0.410. The van der Waals surface area contributed by atoms with Gasteiger partial charge in [0.25, 0.3) is 0 Å². The fraction of sp³-hybridized carbons (Fsp3) is 0.500. The van der Waals surface area contributed by atoms with Crippen LogP contribution in [0, 0.1) is 0 Å². The zero-order valence-corrected chi connectivity index (χ0v) is 12.2. The van der Waals surface area contributed by atoms with Gasteiger partial charge < -0.3 is 24.8 Å². The highest BCUT2D eigenvalue weighted by Gasteiger charge is 2.17. The molecule has 0 atom stereocenters. The molecule has 0 radical (unpaired) electrons. The van der Waals surface area contributed by atoms with Crippen molar-refractivity contribution in [2.75, 3.05) is 58.3 Å². The van der Waals surface area contributed by atoms with Gasteiger partial charge in [0.1, 0.15) is 0 Å². The van der Waals surface area contributed by atoms with E-state index in [2.05, 4.69) is 0 Å². The van der Waals surface area contributed by atoms with Crippen molar-refractivity contribution >= 4 is 17.3 Å². The largest absolute Gasteiger partial charge is 0.465 e. The van der Waals surface area contributed by atoms with Gasteiger partial charge in [-0.15, -0.1) is 0 Å². The van der Waals surface area contributed by atoms with Crippen LogP contribution in [-0.2, 0) is 14.2 Å². The van der Waals surface area contributed by atoms with Crippen LogP contribution >= 0.6 is 0 Å². The summed E-state index contributed by atoms with van der Waals surface area (Å²) in [5.41, 5.74) is 7.47. The van der Waals surface area contributed by atoms with Gasteiger partial charge in [-0.1, -0.05) is 0 Å². The first-order valence-electron chi connectivity index (χ1n) is 6.34. The fourth-order valence-corrected chi connectivity index (χ4v) is 1.86. The van der Waals surface area contributed by atoms with E-state index in [-0.39, 0.29) is 0 Å². The van der Waals surface area contributed by atoms with Crippen LogP contribution in [0.15, 0.2) is 18.2 Å². The molecule has 1 aromatic rings. The third kappa shape index (κ3) is 4.40. The number of hydrogen-bond donors (Lipinski definition) is 1. The summed E-state index contributed by atoms with van der Waals surface area (Å²) in [4.78, 5) is 13.9. The predicted molar refractivity (Wildman–Crippen MR) is 78.2 cm³/mol. The number of carbonyl (C=O) groups excluding carboxylic acids is 1. The van der Waals surface area contributed by atoms with Crippen molar-refractivity contribution in [3.8, 4) is 0 Å². The molecule has 6 nitrogen and oxygen atoms in total. The summed E-state index contributed by atoms with van der Waals surface area (Å²) in [7, 11) is 4.63. The van der Waals surface area contributed by atoms with E-state index in [4.69, 9.17) is 19.9 Å². The van der Waals surface area contributed by atoms with Gasteiger partial charge in [0.2, 0.25) is 0 Å². The van der Waals surface area contributed by atoms with E-state index < -0.39 is 5.97 Å². The first kappa shape index (κ1) is 16.3. The number of nitrogen functional groups attached to an aromatic ring is 1. The molecule has 6 heteroatoms. The lowest BCUT2D eigenvalue weighted by atomic mass is 10.1. The lowest BCUT2D eigenvalue weighted by molar-refractivity contribution is 0.0601. The molecule has 0 aliphatic rings. The summed E-state index contributed by atoms with van der Waals surface area (Å²) in [6.07, 6.45) is 0. The molecule has 2 N–H and O–H groups in total. The smallest absolute Gasteiger partial charge is 0.340 e. The standard InChI is InChI=1S/C14H22N2O4/c1-18-8-6-16(7-9-19-2)13-5-4-11(15)10-12(13)14(17)20-3/h4-5,10H,6-9,15H2,1-3H3. The fourth-order valence-electron chi connectivity index (χ4n) is 1.86. The molecule has 20 heavy (non-hydrogen) atoms. The van der Waals surface area contributed by atoms with E-state index in [0.717, 1.165) is 5.69 Å². The Morgan fingerprint density at radius 2 is 1.75 bits per heavy atom. The third-order valence-corrected chi connectivity index (χ3v) is 2.90. The van der Waals surface area contributed by atoms with Crippen LogP contribution in [0.5, 0.6) is 0 Å². The van der Waals surface area contributed by atoms with E-state index in [1.165, 1.54) is 7.11 Å². The second-order valence-corrected chi connectivity index (χ2v) is 4.24. The van der Waals surface area contributed by atoms with Crippen molar-refractivity contribution in [1.82, 2.24) is 0 Å². The Morgan fingerprint density at radius 1 is 1.15 bits per heavy atom. The number of anilines is 2. The Morgan fingerprint density at radius 3 is 2.25 bits per heavy atom. The molecule has 0 aliphatic carbocycles. The molecule has 0 aliphatic heterocycles. The van der Waals surface area contributed by atoms with Gasteiger partial charge in [0.15, 0.2) is 0 Å². The molecule has 1 rings (SSSR count). The number of ether oxygens (including phenoxy) is 3. The lowest BCUT2D eigenvalue weighted by Crippen LogP contribution is -2.32. The van der Waals surface area contributed by atoms with Crippen molar-refractivity contribution in [3.63, 3.8) is 0 Å². The zero-order chi connectivity index (χ0) is 15.0. The minimum absolute atomic E-state index is 0.410. The number of nitrogens with zero attached hydrogens (tertiary/aromatic N) is 1. The Bertz CT molecular complexity index is 429. The first-order chi connectivity index (χ1) is 9.63. The SMILES string of the molecule is COCCN(CCOC)c1ccc(N)cc1C(=O)OC. The van der Waals surface area contributed by atoms with Crippen molar-refractivity contribution in [3.05, 3.63) is 23.8 Å². The maximum Gasteiger partial charge on any atom is 0.340 e. The molecular weight excluding hydrogens is 260 g/mol. The minimum Gasteiger partial charge on any atom is -0.465 e. The summed E-state index contributed by atoms with van der Waals surface area (Å²) < 4.78 is 15.0.